The van der Waals surface area contributed by atoms with E-state index in [0.29, 0.717) is 30.2 Å². The smallest absolute Gasteiger partial charge is 0.257 e. The van der Waals surface area contributed by atoms with Crippen molar-refractivity contribution in [2.75, 3.05) is 45.3 Å². The lowest BCUT2D eigenvalue weighted by Crippen LogP contribution is -2.48. The van der Waals surface area contributed by atoms with Crippen molar-refractivity contribution in [3.8, 4) is 11.5 Å². The summed E-state index contributed by atoms with van der Waals surface area (Å²) in [5.74, 6) is 1.23. The van der Waals surface area contributed by atoms with E-state index in [1.54, 1.807) is 32.4 Å². The average molecular weight is 340 g/mol. The lowest BCUT2D eigenvalue weighted by molar-refractivity contribution is 0.0743. The van der Waals surface area contributed by atoms with Crippen LogP contribution in [0.3, 0.4) is 0 Å². The molecule has 2 aromatic carbocycles. The number of anilines is 1. The molecular weight excluding hydrogens is 316 g/mol. The molecule has 0 spiro atoms. The van der Waals surface area contributed by atoms with Gasteiger partial charge in [0.1, 0.15) is 11.5 Å². The molecule has 1 amide bonds. The Morgan fingerprint density at radius 1 is 0.960 bits per heavy atom. The molecule has 0 aromatic heterocycles. The summed E-state index contributed by atoms with van der Waals surface area (Å²) in [5, 5.41) is 0. The van der Waals surface area contributed by atoms with Gasteiger partial charge in [-0.1, -0.05) is 12.1 Å². The standard InChI is InChI=1S/C20H24N2O3/c1-15-5-4-6-16(13-15)21-9-11-22(12-10-21)20(23)18-8-7-17(24-2)14-19(18)25-3/h4-8,13-14H,9-12H2,1-3H3. The Kier molecular flexibility index (Phi) is 5.12. The molecule has 3 rings (SSSR count). The van der Waals surface area contributed by atoms with Gasteiger partial charge in [0.05, 0.1) is 19.8 Å². The van der Waals surface area contributed by atoms with E-state index >= 15 is 0 Å². The van der Waals surface area contributed by atoms with Crippen molar-refractivity contribution in [3.05, 3.63) is 53.6 Å². The van der Waals surface area contributed by atoms with Crippen molar-refractivity contribution in [3.63, 3.8) is 0 Å². The number of piperazine rings is 1. The van der Waals surface area contributed by atoms with Crippen LogP contribution in [-0.2, 0) is 0 Å². The number of ether oxygens (including phenoxy) is 2. The third-order valence-electron chi connectivity index (χ3n) is 4.57. The van der Waals surface area contributed by atoms with Crippen molar-refractivity contribution >= 4 is 11.6 Å². The molecule has 0 aliphatic carbocycles. The van der Waals surface area contributed by atoms with Crippen LogP contribution in [0.15, 0.2) is 42.5 Å². The van der Waals surface area contributed by atoms with E-state index in [4.69, 9.17) is 9.47 Å². The highest BCUT2D eigenvalue weighted by molar-refractivity contribution is 5.97. The summed E-state index contributed by atoms with van der Waals surface area (Å²) in [5.41, 5.74) is 3.04. The Hall–Kier alpha value is -2.69. The lowest BCUT2D eigenvalue weighted by Gasteiger charge is -2.36. The quantitative estimate of drug-likeness (QED) is 0.858. The minimum absolute atomic E-state index is 0.00314. The minimum Gasteiger partial charge on any atom is -0.497 e. The Morgan fingerprint density at radius 3 is 2.36 bits per heavy atom. The number of rotatable bonds is 4. The van der Waals surface area contributed by atoms with Gasteiger partial charge in [0.2, 0.25) is 0 Å². The van der Waals surface area contributed by atoms with Gasteiger partial charge in [-0.05, 0) is 36.8 Å². The Labute approximate surface area is 148 Å². The van der Waals surface area contributed by atoms with Crippen LogP contribution < -0.4 is 14.4 Å². The molecule has 0 bridgehead atoms. The first-order valence-corrected chi connectivity index (χ1v) is 8.45. The van der Waals surface area contributed by atoms with Crippen LogP contribution in [0.5, 0.6) is 11.5 Å². The van der Waals surface area contributed by atoms with Crippen LogP contribution in [0.2, 0.25) is 0 Å². The predicted molar refractivity (Wildman–Crippen MR) is 98.8 cm³/mol. The molecule has 2 aromatic rings. The van der Waals surface area contributed by atoms with Gasteiger partial charge in [0, 0.05) is 37.9 Å². The number of nitrogens with zero attached hydrogens (tertiary/aromatic N) is 2. The SMILES string of the molecule is COc1ccc(C(=O)N2CCN(c3cccc(C)c3)CC2)c(OC)c1. The number of methoxy groups -OCH3 is 2. The summed E-state index contributed by atoms with van der Waals surface area (Å²) < 4.78 is 10.6. The van der Waals surface area contributed by atoms with Crippen molar-refractivity contribution < 1.29 is 14.3 Å². The van der Waals surface area contributed by atoms with Crippen molar-refractivity contribution in [1.29, 1.82) is 0 Å². The van der Waals surface area contributed by atoms with Gasteiger partial charge >= 0.3 is 0 Å². The number of hydrogen-bond acceptors (Lipinski definition) is 4. The summed E-state index contributed by atoms with van der Waals surface area (Å²) in [4.78, 5) is 17.1. The maximum atomic E-state index is 12.9. The van der Waals surface area contributed by atoms with E-state index in [9.17, 15) is 4.79 Å². The van der Waals surface area contributed by atoms with E-state index in [-0.39, 0.29) is 5.91 Å². The average Bonchev–Trinajstić information content (AvgIpc) is 2.67. The Morgan fingerprint density at radius 2 is 1.72 bits per heavy atom. The fraction of sp³-hybridized carbons (Fsp3) is 0.350. The number of aryl methyl sites for hydroxylation is 1. The Balaban J connectivity index is 1.69. The zero-order valence-corrected chi connectivity index (χ0v) is 15.0. The summed E-state index contributed by atoms with van der Waals surface area (Å²) in [6, 6.07) is 13.8. The first-order chi connectivity index (χ1) is 12.1. The molecule has 132 valence electrons. The molecule has 25 heavy (non-hydrogen) atoms. The van der Waals surface area contributed by atoms with Crippen molar-refractivity contribution in [1.82, 2.24) is 4.90 Å². The molecule has 1 aliphatic rings. The largest absolute Gasteiger partial charge is 0.497 e. The topological polar surface area (TPSA) is 42.0 Å². The minimum atomic E-state index is 0.00314. The van der Waals surface area contributed by atoms with Gasteiger partial charge in [-0.3, -0.25) is 4.79 Å². The van der Waals surface area contributed by atoms with Gasteiger partial charge in [-0.25, -0.2) is 0 Å². The summed E-state index contributed by atoms with van der Waals surface area (Å²) in [6.07, 6.45) is 0. The number of carbonyl (C=O) groups excluding carboxylic acids is 1. The van der Waals surface area contributed by atoms with Gasteiger partial charge in [-0.2, -0.15) is 0 Å². The van der Waals surface area contributed by atoms with Crippen LogP contribution in [0.1, 0.15) is 15.9 Å². The van der Waals surface area contributed by atoms with Crippen molar-refractivity contribution in [2.24, 2.45) is 0 Å². The molecule has 0 unspecified atom stereocenters. The van der Waals surface area contributed by atoms with Crippen LogP contribution in [0, 0.1) is 6.92 Å². The summed E-state index contributed by atoms with van der Waals surface area (Å²) in [7, 11) is 3.17. The van der Waals surface area contributed by atoms with Crippen LogP contribution in [-0.4, -0.2) is 51.2 Å². The van der Waals surface area contributed by atoms with E-state index in [1.807, 2.05) is 4.90 Å². The van der Waals surface area contributed by atoms with Crippen LogP contribution in [0.25, 0.3) is 0 Å². The Bertz CT molecular complexity index is 752. The van der Waals surface area contributed by atoms with E-state index < -0.39 is 0 Å². The predicted octanol–water partition coefficient (Wildman–Crippen LogP) is 2.97. The second-order valence-corrected chi connectivity index (χ2v) is 6.18. The van der Waals surface area contributed by atoms with Gasteiger partial charge in [0.15, 0.2) is 0 Å². The van der Waals surface area contributed by atoms with E-state index in [1.165, 1.54) is 11.3 Å². The zero-order valence-electron chi connectivity index (χ0n) is 15.0. The molecule has 0 saturated carbocycles. The molecule has 1 aliphatic heterocycles. The molecule has 0 atom stereocenters. The molecular formula is C20H24N2O3. The fourth-order valence-corrected chi connectivity index (χ4v) is 3.14. The number of benzene rings is 2. The molecule has 1 fully saturated rings. The second-order valence-electron chi connectivity index (χ2n) is 6.18. The molecule has 1 saturated heterocycles. The normalized spacial score (nSPS) is 14.4. The zero-order chi connectivity index (χ0) is 17.8. The summed E-state index contributed by atoms with van der Waals surface area (Å²) >= 11 is 0. The number of carbonyl (C=O) groups is 1. The molecule has 0 radical (unpaired) electrons. The second kappa shape index (κ2) is 7.47. The third kappa shape index (κ3) is 3.71. The molecule has 5 heteroatoms. The molecule has 1 heterocycles. The first-order valence-electron chi connectivity index (χ1n) is 8.45. The molecule has 5 nitrogen and oxygen atoms in total. The highest BCUT2D eigenvalue weighted by Gasteiger charge is 2.24. The summed E-state index contributed by atoms with van der Waals surface area (Å²) in [6.45, 7) is 5.14. The highest BCUT2D eigenvalue weighted by Crippen LogP contribution is 2.26. The number of amides is 1. The first kappa shape index (κ1) is 17.1. The maximum absolute atomic E-state index is 12.9. The highest BCUT2D eigenvalue weighted by atomic mass is 16.5. The third-order valence-corrected chi connectivity index (χ3v) is 4.57. The maximum Gasteiger partial charge on any atom is 0.257 e. The van der Waals surface area contributed by atoms with E-state index in [2.05, 4.69) is 36.1 Å². The lowest BCUT2D eigenvalue weighted by atomic mass is 10.1. The monoisotopic (exact) mass is 340 g/mol. The van der Waals surface area contributed by atoms with Crippen LogP contribution in [0.4, 0.5) is 5.69 Å². The van der Waals surface area contributed by atoms with Crippen molar-refractivity contribution in [2.45, 2.75) is 6.92 Å². The van der Waals surface area contributed by atoms with E-state index in [0.717, 1.165) is 13.1 Å². The van der Waals surface area contributed by atoms with Gasteiger partial charge in [0.25, 0.3) is 5.91 Å². The van der Waals surface area contributed by atoms with Crippen LogP contribution >= 0.6 is 0 Å². The number of hydrogen-bond donors (Lipinski definition) is 0. The fourth-order valence-electron chi connectivity index (χ4n) is 3.14. The van der Waals surface area contributed by atoms with Gasteiger partial charge in [-0.15, -0.1) is 0 Å². The molecule has 0 N–H and O–H groups in total. The van der Waals surface area contributed by atoms with Gasteiger partial charge < -0.3 is 19.3 Å².